The molecule has 0 radical (unpaired) electrons. The number of hydrogen-bond donors (Lipinski definition) is 2. The van der Waals surface area contributed by atoms with Crippen molar-refractivity contribution in [1.82, 2.24) is 15.3 Å². The second kappa shape index (κ2) is 7.15. The van der Waals surface area contributed by atoms with Gasteiger partial charge in [0.15, 0.2) is 0 Å². The number of nitrogens with zero attached hydrogens (tertiary/aromatic N) is 2. The van der Waals surface area contributed by atoms with Crippen LogP contribution in [0.15, 0.2) is 12.4 Å². The van der Waals surface area contributed by atoms with Crippen LogP contribution in [0.3, 0.4) is 0 Å². The number of carbonyl (C=O) groups excluding carboxylic acids is 1. The van der Waals surface area contributed by atoms with Crippen molar-refractivity contribution in [2.75, 3.05) is 31.6 Å². The predicted octanol–water partition coefficient (Wildman–Crippen LogP) is 1.55. The molecule has 2 saturated heterocycles. The fourth-order valence-electron chi connectivity index (χ4n) is 3.17. The molecule has 2 unspecified atom stereocenters. The first-order valence-corrected chi connectivity index (χ1v) is 8.13. The summed E-state index contributed by atoms with van der Waals surface area (Å²) in [5, 5.41) is 6.23. The van der Waals surface area contributed by atoms with Crippen LogP contribution in [0.4, 0.5) is 5.69 Å². The third-order valence-electron chi connectivity index (χ3n) is 4.47. The van der Waals surface area contributed by atoms with Crippen molar-refractivity contribution in [3.63, 3.8) is 0 Å². The normalized spacial score (nSPS) is 26.6. The van der Waals surface area contributed by atoms with E-state index in [2.05, 4.69) is 27.5 Å². The summed E-state index contributed by atoms with van der Waals surface area (Å²) in [6, 6.07) is 0. The van der Waals surface area contributed by atoms with Crippen LogP contribution in [0, 0.1) is 11.8 Å². The lowest BCUT2D eigenvalue weighted by atomic mass is 9.91. The lowest BCUT2D eigenvalue weighted by Gasteiger charge is -2.26. The average molecular weight is 304 g/mol. The molecule has 0 saturated carbocycles. The van der Waals surface area contributed by atoms with Gasteiger partial charge in [0.25, 0.3) is 0 Å². The van der Waals surface area contributed by atoms with Crippen molar-refractivity contribution < 1.29 is 9.53 Å². The maximum atomic E-state index is 12.3. The lowest BCUT2D eigenvalue weighted by Crippen LogP contribution is -2.40. The Balaban J connectivity index is 1.57. The summed E-state index contributed by atoms with van der Waals surface area (Å²) in [5.41, 5.74) is 0.680. The van der Waals surface area contributed by atoms with Crippen LogP contribution >= 0.6 is 0 Å². The van der Waals surface area contributed by atoms with Crippen LogP contribution in [0.25, 0.3) is 0 Å². The lowest BCUT2D eigenvalue weighted by molar-refractivity contribution is -0.120. The Morgan fingerprint density at radius 1 is 1.27 bits per heavy atom. The molecule has 0 aliphatic carbocycles. The molecule has 1 aromatic heterocycles. The summed E-state index contributed by atoms with van der Waals surface area (Å²) < 4.78 is 5.35. The van der Waals surface area contributed by atoms with Gasteiger partial charge in [-0.3, -0.25) is 4.79 Å². The summed E-state index contributed by atoms with van der Waals surface area (Å²) in [6.07, 6.45) is 6.30. The molecular formula is C16H24N4O2. The maximum absolute atomic E-state index is 12.3. The van der Waals surface area contributed by atoms with Crippen LogP contribution < -0.4 is 10.6 Å². The molecule has 0 spiro atoms. The van der Waals surface area contributed by atoms with E-state index in [-0.39, 0.29) is 11.8 Å². The van der Waals surface area contributed by atoms with Crippen LogP contribution in [0.2, 0.25) is 0 Å². The summed E-state index contributed by atoms with van der Waals surface area (Å²) in [4.78, 5) is 21.1. The molecule has 6 heteroatoms. The van der Waals surface area contributed by atoms with E-state index in [9.17, 15) is 4.79 Å². The number of anilines is 1. The number of hydrogen-bond acceptors (Lipinski definition) is 5. The van der Waals surface area contributed by atoms with Gasteiger partial charge >= 0.3 is 0 Å². The molecule has 0 bridgehead atoms. The van der Waals surface area contributed by atoms with E-state index < -0.39 is 0 Å². The number of aromatic nitrogens is 2. The Bertz CT molecular complexity index is 499. The maximum Gasteiger partial charge on any atom is 0.228 e. The second-order valence-electron chi connectivity index (χ2n) is 6.40. The number of ether oxygens (including phenoxy) is 1. The number of carbonyl (C=O) groups is 1. The zero-order chi connectivity index (χ0) is 15.4. The number of rotatable bonds is 3. The van der Waals surface area contributed by atoms with Gasteiger partial charge in [0.2, 0.25) is 5.91 Å². The molecule has 2 atom stereocenters. The molecule has 2 aliphatic rings. The van der Waals surface area contributed by atoms with Crippen LogP contribution in [-0.2, 0) is 9.53 Å². The van der Waals surface area contributed by atoms with Crippen molar-refractivity contribution >= 4 is 11.6 Å². The van der Waals surface area contributed by atoms with E-state index in [4.69, 9.17) is 4.74 Å². The smallest absolute Gasteiger partial charge is 0.228 e. The van der Waals surface area contributed by atoms with Gasteiger partial charge in [-0.1, -0.05) is 6.92 Å². The van der Waals surface area contributed by atoms with E-state index in [1.54, 1.807) is 12.4 Å². The van der Waals surface area contributed by atoms with E-state index >= 15 is 0 Å². The average Bonchev–Trinajstić information content (AvgIpc) is 2.56. The Morgan fingerprint density at radius 2 is 2.00 bits per heavy atom. The standard InChI is InChI=1S/C16H24N4O2/c1-11-6-13(8-17-7-11)16(21)20-14-9-18-15(19-10-14)12-2-4-22-5-3-12/h9-13,17H,2-8H2,1H3,(H,20,21). The molecule has 1 amide bonds. The SMILES string of the molecule is CC1CNCC(C(=O)Nc2cnc(C3CCOCC3)nc2)C1. The highest BCUT2D eigenvalue weighted by atomic mass is 16.5. The summed E-state index contributed by atoms with van der Waals surface area (Å²) in [6.45, 7) is 5.46. The minimum atomic E-state index is 0.0268. The molecule has 3 rings (SSSR count). The van der Waals surface area contributed by atoms with Gasteiger partial charge in [0.05, 0.1) is 24.0 Å². The fraction of sp³-hybridized carbons (Fsp3) is 0.688. The quantitative estimate of drug-likeness (QED) is 0.886. The molecule has 6 nitrogen and oxygen atoms in total. The monoisotopic (exact) mass is 304 g/mol. The number of piperidine rings is 1. The van der Waals surface area contributed by atoms with E-state index in [0.717, 1.165) is 51.4 Å². The first-order valence-electron chi connectivity index (χ1n) is 8.13. The third kappa shape index (κ3) is 3.81. The molecule has 3 heterocycles. The fourth-order valence-corrected chi connectivity index (χ4v) is 3.17. The van der Waals surface area contributed by atoms with Crippen molar-refractivity contribution in [3.05, 3.63) is 18.2 Å². The zero-order valence-electron chi connectivity index (χ0n) is 13.0. The van der Waals surface area contributed by atoms with E-state index in [1.165, 1.54) is 0 Å². The van der Waals surface area contributed by atoms with Crippen molar-refractivity contribution in [3.8, 4) is 0 Å². The second-order valence-corrected chi connectivity index (χ2v) is 6.40. The van der Waals surface area contributed by atoms with Gasteiger partial charge in [-0.15, -0.1) is 0 Å². The van der Waals surface area contributed by atoms with Gasteiger partial charge in [0, 0.05) is 25.7 Å². The van der Waals surface area contributed by atoms with Crippen molar-refractivity contribution in [2.45, 2.75) is 32.1 Å². The highest BCUT2D eigenvalue weighted by Crippen LogP contribution is 2.24. The van der Waals surface area contributed by atoms with Gasteiger partial charge in [-0.05, 0) is 31.7 Å². The Labute approximate surface area is 131 Å². The Morgan fingerprint density at radius 3 is 2.68 bits per heavy atom. The predicted molar refractivity (Wildman–Crippen MR) is 83.6 cm³/mol. The number of amides is 1. The van der Waals surface area contributed by atoms with E-state index in [1.807, 2.05) is 0 Å². The first kappa shape index (κ1) is 15.4. The van der Waals surface area contributed by atoms with Gasteiger partial charge in [-0.2, -0.15) is 0 Å². The highest BCUT2D eigenvalue weighted by Gasteiger charge is 2.25. The van der Waals surface area contributed by atoms with Crippen LogP contribution in [0.5, 0.6) is 0 Å². The molecule has 0 aromatic carbocycles. The van der Waals surface area contributed by atoms with Gasteiger partial charge < -0.3 is 15.4 Å². The highest BCUT2D eigenvalue weighted by molar-refractivity contribution is 5.92. The van der Waals surface area contributed by atoms with E-state index in [0.29, 0.717) is 17.5 Å². The van der Waals surface area contributed by atoms with Crippen LogP contribution in [-0.4, -0.2) is 42.2 Å². The first-order chi connectivity index (χ1) is 10.7. The summed E-state index contributed by atoms with van der Waals surface area (Å²) in [7, 11) is 0. The molecule has 2 fully saturated rings. The van der Waals surface area contributed by atoms with Crippen molar-refractivity contribution in [1.29, 1.82) is 0 Å². The molecule has 22 heavy (non-hydrogen) atoms. The third-order valence-corrected chi connectivity index (χ3v) is 4.47. The molecular weight excluding hydrogens is 280 g/mol. The summed E-state index contributed by atoms with van der Waals surface area (Å²) in [5.74, 6) is 1.85. The molecule has 120 valence electrons. The largest absolute Gasteiger partial charge is 0.381 e. The molecule has 1 aromatic rings. The minimum absolute atomic E-state index is 0.0268. The summed E-state index contributed by atoms with van der Waals surface area (Å²) >= 11 is 0. The minimum Gasteiger partial charge on any atom is -0.381 e. The molecule has 2 N–H and O–H groups in total. The van der Waals surface area contributed by atoms with Gasteiger partial charge in [0.1, 0.15) is 5.82 Å². The Hall–Kier alpha value is -1.53. The van der Waals surface area contributed by atoms with Gasteiger partial charge in [-0.25, -0.2) is 9.97 Å². The topological polar surface area (TPSA) is 76.1 Å². The number of nitrogens with one attached hydrogen (secondary N) is 2. The van der Waals surface area contributed by atoms with Crippen molar-refractivity contribution in [2.24, 2.45) is 11.8 Å². The zero-order valence-corrected chi connectivity index (χ0v) is 13.0. The Kier molecular flexibility index (Phi) is 5.00. The molecule has 2 aliphatic heterocycles. The van der Waals surface area contributed by atoms with Crippen LogP contribution in [0.1, 0.15) is 37.9 Å².